The van der Waals surface area contributed by atoms with E-state index in [-0.39, 0.29) is 30.2 Å². The lowest BCUT2D eigenvalue weighted by atomic mass is 9.65. The Kier molecular flexibility index (Phi) is 7.31. The maximum Gasteiger partial charge on any atom is 0.250 e. The van der Waals surface area contributed by atoms with Gasteiger partial charge in [0.25, 0.3) is 0 Å². The van der Waals surface area contributed by atoms with Gasteiger partial charge >= 0.3 is 0 Å². The highest BCUT2D eigenvalue weighted by atomic mass is 16.5. The van der Waals surface area contributed by atoms with Crippen LogP contribution in [-0.4, -0.2) is 57.6 Å². The maximum absolute atomic E-state index is 14.5. The van der Waals surface area contributed by atoms with Crippen LogP contribution in [-0.2, 0) is 19.1 Å². The number of nitrogens with one attached hydrogen (secondary N) is 2. The molecule has 3 aromatic rings. The normalized spacial score (nSPS) is 28.7. The van der Waals surface area contributed by atoms with E-state index in [0.717, 1.165) is 10.8 Å². The molecule has 3 heterocycles. The molecule has 3 fully saturated rings. The predicted molar refractivity (Wildman–Crippen MR) is 162 cm³/mol. The molecule has 0 radical (unpaired) electrons. The monoisotopic (exact) mass is 569 g/mol. The van der Waals surface area contributed by atoms with E-state index in [2.05, 4.69) is 10.6 Å². The number of benzene rings is 3. The molecule has 3 saturated heterocycles. The van der Waals surface area contributed by atoms with Gasteiger partial charge in [0.05, 0.1) is 30.1 Å². The van der Waals surface area contributed by atoms with Crippen LogP contribution in [0.5, 0.6) is 0 Å². The first-order valence-electron chi connectivity index (χ1n) is 15.0. The van der Waals surface area contributed by atoms with Gasteiger partial charge in [0, 0.05) is 11.4 Å². The van der Waals surface area contributed by atoms with E-state index in [4.69, 9.17) is 4.74 Å². The third-order valence-electron chi connectivity index (χ3n) is 9.56. The fraction of sp³-hybridized carbons (Fsp3) is 0.441. The molecule has 6 rings (SSSR count). The first-order chi connectivity index (χ1) is 20.2. The van der Waals surface area contributed by atoms with Crippen LogP contribution in [0.15, 0.2) is 72.8 Å². The minimum Gasteiger partial charge on any atom is -0.394 e. The molecule has 3 aliphatic heterocycles. The highest BCUT2D eigenvalue weighted by Crippen LogP contribution is 2.64. The van der Waals surface area contributed by atoms with Crippen LogP contribution in [0.1, 0.15) is 46.5 Å². The molecule has 0 aliphatic carbocycles. The summed E-state index contributed by atoms with van der Waals surface area (Å²) in [5.74, 6) is -2.35. The number of ether oxygens (including phenoxy) is 1. The van der Waals surface area contributed by atoms with Gasteiger partial charge < -0.3 is 25.4 Å². The SMILES string of the molecule is CC[C@@]12CCC3(O1)C(C(=O)Nc1ccc4ccccc4c1)N([C@@H](CO)CC(C)C)C(=O)[C@@H]3[C@@H]2C(=O)Nc1ccccc1. The van der Waals surface area contributed by atoms with Gasteiger partial charge in [0.1, 0.15) is 11.6 Å². The quantitative estimate of drug-likeness (QED) is 0.337. The van der Waals surface area contributed by atoms with Crippen LogP contribution < -0.4 is 10.6 Å². The van der Waals surface area contributed by atoms with E-state index >= 15 is 0 Å². The number of rotatable bonds is 9. The zero-order valence-corrected chi connectivity index (χ0v) is 24.4. The van der Waals surface area contributed by atoms with Crippen molar-refractivity contribution in [2.75, 3.05) is 17.2 Å². The van der Waals surface area contributed by atoms with Gasteiger partial charge in [-0.05, 0) is 66.6 Å². The molecule has 0 aromatic heterocycles. The van der Waals surface area contributed by atoms with Crippen LogP contribution in [0.2, 0.25) is 0 Å². The summed E-state index contributed by atoms with van der Waals surface area (Å²) in [6.45, 7) is 5.74. The Bertz CT molecular complexity index is 1510. The predicted octanol–water partition coefficient (Wildman–Crippen LogP) is 4.98. The Morgan fingerprint density at radius 3 is 2.33 bits per heavy atom. The number of nitrogens with zero attached hydrogens (tertiary/aromatic N) is 1. The van der Waals surface area contributed by atoms with Crippen LogP contribution >= 0.6 is 0 Å². The van der Waals surface area contributed by atoms with Gasteiger partial charge in [-0.2, -0.15) is 0 Å². The van der Waals surface area contributed by atoms with Gasteiger partial charge in [-0.3, -0.25) is 14.4 Å². The largest absolute Gasteiger partial charge is 0.394 e. The second kappa shape index (κ2) is 10.8. The number of anilines is 2. The molecule has 2 unspecified atom stereocenters. The van der Waals surface area contributed by atoms with Crippen LogP contribution in [0, 0.1) is 17.8 Å². The Morgan fingerprint density at radius 2 is 1.64 bits per heavy atom. The molecule has 6 atom stereocenters. The fourth-order valence-corrected chi connectivity index (χ4v) is 7.79. The lowest BCUT2D eigenvalue weighted by Gasteiger charge is -2.37. The van der Waals surface area contributed by atoms with Crippen LogP contribution in [0.4, 0.5) is 11.4 Å². The third kappa shape index (κ3) is 4.48. The van der Waals surface area contributed by atoms with E-state index in [9.17, 15) is 19.5 Å². The lowest BCUT2D eigenvalue weighted by Crippen LogP contribution is -2.56. The lowest BCUT2D eigenvalue weighted by molar-refractivity contribution is -0.148. The van der Waals surface area contributed by atoms with Gasteiger partial charge in [0.2, 0.25) is 17.7 Å². The number of carbonyl (C=O) groups excluding carboxylic acids is 3. The molecule has 0 saturated carbocycles. The van der Waals surface area contributed by atoms with Crippen molar-refractivity contribution < 1.29 is 24.2 Å². The summed E-state index contributed by atoms with van der Waals surface area (Å²) in [5.41, 5.74) is -0.755. The molecule has 3 aliphatic rings. The minimum absolute atomic E-state index is 0.175. The van der Waals surface area contributed by atoms with Gasteiger partial charge in [0.15, 0.2) is 0 Å². The highest BCUT2D eigenvalue weighted by molar-refractivity contribution is 6.06. The number of fused-ring (bicyclic) bond motifs is 2. The number of aliphatic hydroxyl groups excluding tert-OH is 1. The number of likely N-dealkylation sites (tertiary alicyclic amines) is 1. The Morgan fingerprint density at radius 1 is 0.952 bits per heavy atom. The van der Waals surface area contributed by atoms with Crippen molar-refractivity contribution in [1.29, 1.82) is 0 Å². The van der Waals surface area contributed by atoms with E-state index in [1.165, 1.54) is 0 Å². The van der Waals surface area contributed by atoms with Crippen LogP contribution in [0.25, 0.3) is 10.8 Å². The molecule has 2 bridgehead atoms. The topological polar surface area (TPSA) is 108 Å². The van der Waals surface area contributed by atoms with Crippen molar-refractivity contribution in [3.8, 4) is 0 Å². The van der Waals surface area contributed by atoms with Gasteiger partial charge in [-0.25, -0.2) is 0 Å². The zero-order valence-electron chi connectivity index (χ0n) is 24.4. The summed E-state index contributed by atoms with van der Waals surface area (Å²) in [5, 5.41) is 18.6. The summed E-state index contributed by atoms with van der Waals surface area (Å²) >= 11 is 0. The standard InChI is InChI=1S/C34H39N3O5/c1-4-33-16-17-34(42-33)28(27(33)30(39)35-24-12-6-5-7-13-24)32(41)37(26(20-38)18-21(2)3)29(34)31(40)36-25-15-14-22-10-8-9-11-23(22)19-25/h5-15,19,21,26-29,38H,4,16-18,20H2,1-3H3,(H,35,39)(H,36,40)/t26-,27-,28+,29?,33+,34?/m1/s1. The number of hydrogen-bond donors (Lipinski definition) is 3. The minimum atomic E-state index is -1.17. The molecule has 3 aromatic carbocycles. The maximum atomic E-state index is 14.5. The van der Waals surface area contributed by atoms with E-state index in [1.807, 2.05) is 93.6 Å². The second-order valence-electron chi connectivity index (χ2n) is 12.5. The molecule has 8 nitrogen and oxygen atoms in total. The average molecular weight is 570 g/mol. The molecule has 3 amide bonds. The number of carbonyl (C=O) groups is 3. The summed E-state index contributed by atoms with van der Waals surface area (Å²) in [4.78, 5) is 44.3. The molecule has 3 N–H and O–H groups in total. The summed E-state index contributed by atoms with van der Waals surface area (Å²) < 4.78 is 6.87. The number of aliphatic hydroxyl groups is 1. The van der Waals surface area contributed by atoms with Gasteiger partial charge in [-0.15, -0.1) is 0 Å². The highest BCUT2D eigenvalue weighted by Gasteiger charge is 2.79. The molecule has 8 heteroatoms. The van der Waals surface area contributed by atoms with Gasteiger partial charge in [-0.1, -0.05) is 69.3 Å². The van der Waals surface area contributed by atoms with Crippen molar-refractivity contribution in [3.05, 3.63) is 72.8 Å². The number of hydrogen-bond acceptors (Lipinski definition) is 5. The molecule has 1 spiro atoms. The fourth-order valence-electron chi connectivity index (χ4n) is 7.79. The Balaban J connectivity index is 1.40. The molecule has 42 heavy (non-hydrogen) atoms. The van der Waals surface area contributed by atoms with Crippen molar-refractivity contribution in [1.82, 2.24) is 4.90 Å². The van der Waals surface area contributed by atoms with Crippen molar-refractivity contribution in [3.63, 3.8) is 0 Å². The van der Waals surface area contributed by atoms with Crippen molar-refractivity contribution in [2.24, 2.45) is 17.8 Å². The summed E-state index contributed by atoms with van der Waals surface area (Å²) in [7, 11) is 0. The van der Waals surface area contributed by atoms with E-state index in [1.54, 1.807) is 4.90 Å². The summed E-state index contributed by atoms with van der Waals surface area (Å²) in [6, 6.07) is 21.2. The first kappa shape index (κ1) is 28.4. The Hall–Kier alpha value is -3.75. The molecular weight excluding hydrogens is 530 g/mol. The first-order valence-corrected chi connectivity index (χ1v) is 15.0. The molecule has 220 valence electrons. The summed E-state index contributed by atoms with van der Waals surface area (Å²) in [6.07, 6.45) is 2.12. The number of para-hydroxylation sites is 1. The third-order valence-corrected chi connectivity index (χ3v) is 9.56. The smallest absolute Gasteiger partial charge is 0.250 e. The van der Waals surface area contributed by atoms with Crippen molar-refractivity contribution in [2.45, 2.75) is 69.7 Å². The number of amides is 3. The van der Waals surface area contributed by atoms with E-state index in [0.29, 0.717) is 37.1 Å². The zero-order chi connectivity index (χ0) is 29.6. The van der Waals surface area contributed by atoms with Crippen LogP contribution in [0.3, 0.4) is 0 Å². The molecular formula is C34H39N3O5. The second-order valence-corrected chi connectivity index (χ2v) is 12.5. The van der Waals surface area contributed by atoms with E-state index < -0.39 is 35.1 Å². The Labute approximate surface area is 246 Å². The van der Waals surface area contributed by atoms with Crippen molar-refractivity contribution >= 4 is 39.9 Å². The average Bonchev–Trinajstić information content (AvgIpc) is 3.59.